The number of oxime groups is 1. The van der Waals surface area contributed by atoms with Gasteiger partial charge in [0.2, 0.25) is 0 Å². The highest BCUT2D eigenvalue weighted by atomic mass is 16.4. The zero-order valence-corrected chi connectivity index (χ0v) is 9.65. The Morgan fingerprint density at radius 3 is 2.60 bits per heavy atom. The van der Waals surface area contributed by atoms with Gasteiger partial charge in [0.05, 0.1) is 0 Å². The van der Waals surface area contributed by atoms with Gasteiger partial charge < -0.3 is 15.8 Å². The Bertz CT molecular complexity index is 198. The van der Waals surface area contributed by atoms with Crippen molar-refractivity contribution in [2.45, 2.75) is 39.0 Å². The highest BCUT2D eigenvalue weighted by Crippen LogP contribution is 2.17. The Labute approximate surface area is 92.1 Å². The van der Waals surface area contributed by atoms with Crippen LogP contribution in [0.3, 0.4) is 0 Å². The number of unbranched alkanes of at least 4 members (excludes halogenated alkanes) is 2. The minimum atomic E-state index is 0.289. The van der Waals surface area contributed by atoms with Crippen LogP contribution < -0.4 is 5.73 Å². The Morgan fingerprint density at radius 1 is 1.40 bits per heavy atom. The maximum atomic E-state index is 8.58. The van der Waals surface area contributed by atoms with Crippen molar-refractivity contribution in [3.63, 3.8) is 0 Å². The van der Waals surface area contributed by atoms with Gasteiger partial charge in [0.25, 0.3) is 0 Å². The number of hydrogen-bond donors (Lipinski definition) is 2. The van der Waals surface area contributed by atoms with E-state index in [9.17, 15) is 0 Å². The lowest BCUT2D eigenvalue weighted by atomic mass is 9.96. The van der Waals surface area contributed by atoms with E-state index in [0.29, 0.717) is 5.84 Å². The van der Waals surface area contributed by atoms with Crippen LogP contribution in [0.1, 0.15) is 39.0 Å². The quantitative estimate of drug-likeness (QED) is 0.240. The van der Waals surface area contributed by atoms with Crippen LogP contribution in [-0.4, -0.2) is 35.6 Å². The van der Waals surface area contributed by atoms with Crippen molar-refractivity contribution in [2.24, 2.45) is 16.8 Å². The molecule has 1 aliphatic heterocycles. The van der Waals surface area contributed by atoms with Crippen LogP contribution in [0.2, 0.25) is 0 Å². The van der Waals surface area contributed by atoms with E-state index in [-0.39, 0.29) is 5.92 Å². The summed E-state index contributed by atoms with van der Waals surface area (Å²) in [5.74, 6) is 0.695. The Morgan fingerprint density at radius 2 is 2.07 bits per heavy atom. The average molecular weight is 213 g/mol. The number of nitrogens with zero attached hydrogens (tertiary/aromatic N) is 2. The first-order chi connectivity index (χ1) is 7.27. The molecule has 0 aromatic heterocycles. The summed E-state index contributed by atoms with van der Waals surface area (Å²) in [7, 11) is 0. The van der Waals surface area contributed by atoms with Gasteiger partial charge in [0.15, 0.2) is 0 Å². The van der Waals surface area contributed by atoms with E-state index >= 15 is 0 Å². The molecular weight excluding hydrogens is 190 g/mol. The molecule has 1 saturated heterocycles. The van der Waals surface area contributed by atoms with Crippen molar-refractivity contribution >= 4 is 5.84 Å². The van der Waals surface area contributed by atoms with Gasteiger partial charge in [0.1, 0.15) is 5.84 Å². The van der Waals surface area contributed by atoms with E-state index in [4.69, 9.17) is 10.9 Å². The third-order valence-electron chi connectivity index (χ3n) is 3.20. The summed E-state index contributed by atoms with van der Waals surface area (Å²) in [5, 5.41) is 11.7. The van der Waals surface area contributed by atoms with Crippen molar-refractivity contribution in [1.82, 2.24) is 4.90 Å². The Balaban J connectivity index is 2.18. The Kier molecular flexibility index (Phi) is 5.47. The van der Waals surface area contributed by atoms with Gasteiger partial charge in [-0.1, -0.05) is 24.9 Å². The number of likely N-dealkylation sites (tertiary alicyclic amines) is 1. The second-order valence-corrected chi connectivity index (χ2v) is 4.35. The molecule has 0 aromatic rings. The van der Waals surface area contributed by atoms with Crippen LogP contribution >= 0.6 is 0 Å². The number of nitrogens with two attached hydrogens (primary N) is 1. The van der Waals surface area contributed by atoms with Gasteiger partial charge in [-0.3, -0.25) is 0 Å². The fourth-order valence-electron chi connectivity index (χ4n) is 2.12. The van der Waals surface area contributed by atoms with Gasteiger partial charge in [-0.05, 0) is 38.9 Å². The van der Waals surface area contributed by atoms with Crippen LogP contribution in [0, 0.1) is 5.92 Å². The fourth-order valence-corrected chi connectivity index (χ4v) is 2.12. The predicted octanol–water partition coefficient (Wildman–Crippen LogP) is 1.63. The molecular formula is C11H23N3O. The second kappa shape index (κ2) is 6.67. The van der Waals surface area contributed by atoms with Crippen molar-refractivity contribution in [3.05, 3.63) is 0 Å². The molecule has 0 unspecified atom stereocenters. The van der Waals surface area contributed by atoms with Crippen molar-refractivity contribution < 1.29 is 5.21 Å². The van der Waals surface area contributed by atoms with Gasteiger partial charge in [-0.25, -0.2) is 0 Å². The lowest BCUT2D eigenvalue weighted by Crippen LogP contribution is -2.39. The maximum Gasteiger partial charge on any atom is 0.142 e. The van der Waals surface area contributed by atoms with Gasteiger partial charge >= 0.3 is 0 Å². The monoisotopic (exact) mass is 213 g/mol. The molecule has 1 heterocycles. The summed E-state index contributed by atoms with van der Waals surface area (Å²) >= 11 is 0. The number of hydrogen-bond acceptors (Lipinski definition) is 3. The minimum absolute atomic E-state index is 0.289. The van der Waals surface area contributed by atoms with Gasteiger partial charge in [0, 0.05) is 5.92 Å². The van der Waals surface area contributed by atoms with Gasteiger partial charge in [-0.15, -0.1) is 0 Å². The van der Waals surface area contributed by atoms with Crippen LogP contribution in [0.15, 0.2) is 5.16 Å². The second-order valence-electron chi connectivity index (χ2n) is 4.35. The van der Waals surface area contributed by atoms with E-state index in [1.54, 1.807) is 0 Å². The van der Waals surface area contributed by atoms with Crippen molar-refractivity contribution in [2.75, 3.05) is 19.6 Å². The third-order valence-corrected chi connectivity index (χ3v) is 3.20. The lowest BCUT2D eigenvalue weighted by Gasteiger charge is -2.31. The predicted molar refractivity (Wildman–Crippen MR) is 62.1 cm³/mol. The number of piperidine rings is 1. The molecule has 0 radical (unpaired) electrons. The standard InChI is InChI=1S/C11H23N3O/c1-2-3-4-7-14-8-5-10(6-9-14)11(12)13-15/h10,15H,2-9H2,1H3,(H2,12,13). The molecule has 0 amide bonds. The minimum Gasteiger partial charge on any atom is -0.409 e. The van der Waals surface area contributed by atoms with E-state index in [2.05, 4.69) is 17.0 Å². The summed E-state index contributed by atoms with van der Waals surface area (Å²) in [6.45, 7) is 5.61. The molecule has 1 rings (SSSR count). The first kappa shape index (κ1) is 12.3. The molecule has 1 fully saturated rings. The summed E-state index contributed by atoms with van der Waals surface area (Å²) in [6.07, 6.45) is 5.95. The van der Waals surface area contributed by atoms with Crippen LogP contribution in [0.4, 0.5) is 0 Å². The van der Waals surface area contributed by atoms with E-state index in [1.807, 2.05) is 0 Å². The van der Waals surface area contributed by atoms with Crippen LogP contribution in [0.25, 0.3) is 0 Å². The lowest BCUT2D eigenvalue weighted by molar-refractivity contribution is 0.202. The molecule has 15 heavy (non-hydrogen) atoms. The first-order valence-corrected chi connectivity index (χ1v) is 5.97. The zero-order chi connectivity index (χ0) is 11.1. The summed E-state index contributed by atoms with van der Waals surface area (Å²) in [5.41, 5.74) is 5.60. The molecule has 0 saturated carbocycles. The molecule has 1 aliphatic rings. The molecule has 0 aromatic carbocycles. The first-order valence-electron chi connectivity index (χ1n) is 5.97. The molecule has 0 spiro atoms. The maximum absolute atomic E-state index is 8.58. The molecule has 0 atom stereocenters. The van der Waals surface area contributed by atoms with E-state index < -0.39 is 0 Å². The highest BCUT2D eigenvalue weighted by Gasteiger charge is 2.21. The third kappa shape index (κ3) is 4.08. The van der Waals surface area contributed by atoms with Crippen molar-refractivity contribution in [3.8, 4) is 0 Å². The summed E-state index contributed by atoms with van der Waals surface area (Å²) in [4.78, 5) is 2.48. The van der Waals surface area contributed by atoms with Crippen LogP contribution in [-0.2, 0) is 0 Å². The van der Waals surface area contributed by atoms with E-state index in [1.165, 1.54) is 25.8 Å². The molecule has 3 N–H and O–H groups in total. The molecule has 4 nitrogen and oxygen atoms in total. The largest absolute Gasteiger partial charge is 0.409 e. The summed E-state index contributed by atoms with van der Waals surface area (Å²) in [6, 6.07) is 0. The number of amidine groups is 1. The normalized spacial score (nSPS) is 20.7. The van der Waals surface area contributed by atoms with Gasteiger partial charge in [-0.2, -0.15) is 0 Å². The molecule has 0 aliphatic carbocycles. The highest BCUT2D eigenvalue weighted by molar-refractivity contribution is 5.82. The van der Waals surface area contributed by atoms with E-state index in [0.717, 1.165) is 25.9 Å². The fraction of sp³-hybridized carbons (Fsp3) is 0.909. The molecule has 88 valence electrons. The zero-order valence-electron chi connectivity index (χ0n) is 9.65. The summed E-state index contributed by atoms with van der Waals surface area (Å²) < 4.78 is 0. The average Bonchev–Trinajstić information content (AvgIpc) is 2.29. The van der Waals surface area contributed by atoms with Crippen LogP contribution in [0.5, 0.6) is 0 Å². The Hall–Kier alpha value is -0.770. The van der Waals surface area contributed by atoms with Crippen molar-refractivity contribution in [1.29, 1.82) is 0 Å². The SMILES string of the molecule is CCCCCN1CCC(C(N)=NO)CC1. The topological polar surface area (TPSA) is 61.8 Å². The smallest absolute Gasteiger partial charge is 0.142 e. The number of rotatable bonds is 5. The molecule has 4 heteroatoms. The molecule has 0 bridgehead atoms.